The fraction of sp³-hybridized carbons (Fsp3) is 0.595. The first-order valence-corrected chi connectivity index (χ1v) is 22.0. The Bertz CT molecular complexity index is 2130. The largest absolute Gasteiger partial charge is 0.489 e. The third-order valence-corrected chi connectivity index (χ3v) is 13.6. The summed E-state index contributed by atoms with van der Waals surface area (Å²) in [6.07, 6.45) is 9.38. The summed E-state index contributed by atoms with van der Waals surface area (Å²) in [5.41, 5.74) is -1.03. The maximum Gasteiger partial charge on any atom is 0.411 e. The van der Waals surface area contributed by atoms with Crippen LogP contribution in [-0.4, -0.2) is 97.4 Å². The predicted octanol–water partition coefficient (Wildman–Crippen LogP) is 4.71. The fourth-order valence-electron chi connectivity index (χ4n) is 8.34. The molecule has 7 rings (SSSR count). The van der Waals surface area contributed by atoms with Crippen molar-refractivity contribution in [3.63, 3.8) is 0 Å². The van der Waals surface area contributed by atoms with Gasteiger partial charge in [0.05, 0.1) is 24.0 Å². The zero-order valence-corrected chi connectivity index (χ0v) is 35.0. The van der Waals surface area contributed by atoms with Crippen LogP contribution in [0.15, 0.2) is 48.3 Å². The Morgan fingerprint density at radius 2 is 1.90 bits per heavy atom. The fourth-order valence-corrected chi connectivity index (χ4v) is 9.71. The lowest BCUT2D eigenvalue weighted by Crippen LogP contribution is -2.56. The van der Waals surface area contributed by atoms with E-state index in [1.807, 2.05) is 44.3 Å². The molecular weight excluding hydrogens is 765 g/mol. The van der Waals surface area contributed by atoms with Crippen LogP contribution in [0.2, 0.25) is 0 Å². The molecule has 3 fully saturated rings. The Hall–Kier alpha value is -4.86. The summed E-state index contributed by atoms with van der Waals surface area (Å²) in [6, 6.07) is 4.63. The molecule has 16 heteroatoms. The van der Waals surface area contributed by atoms with Crippen molar-refractivity contribution in [2.75, 3.05) is 31.6 Å². The summed E-state index contributed by atoms with van der Waals surface area (Å²) >= 11 is 0. The molecule has 15 nitrogen and oxygen atoms in total. The van der Waals surface area contributed by atoms with Crippen LogP contribution >= 0.6 is 0 Å². The van der Waals surface area contributed by atoms with Gasteiger partial charge in [-0.25, -0.2) is 18.2 Å². The summed E-state index contributed by atoms with van der Waals surface area (Å²) in [4.78, 5) is 64.5. The maximum atomic E-state index is 15.0. The van der Waals surface area contributed by atoms with Gasteiger partial charge in [-0.3, -0.25) is 24.4 Å². The molecule has 4 amide bonds. The molecule has 1 aromatic carbocycles. The van der Waals surface area contributed by atoms with Crippen molar-refractivity contribution in [2.24, 2.45) is 17.8 Å². The van der Waals surface area contributed by atoms with Crippen LogP contribution < -0.4 is 29.7 Å². The number of anilines is 1. The van der Waals surface area contributed by atoms with Gasteiger partial charge in [-0.1, -0.05) is 26.0 Å². The smallest absolute Gasteiger partial charge is 0.411 e. The topological polar surface area (TPSA) is 186 Å². The number of allylic oxidation sites excluding steroid dienone is 1. The van der Waals surface area contributed by atoms with E-state index >= 15 is 0 Å². The number of rotatable bonds is 7. The van der Waals surface area contributed by atoms with E-state index in [-0.39, 0.29) is 31.2 Å². The van der Waals surface area contributed by atoms with Gasteiger partial charge in [0.15, 0.2) is 5.75 Å². The van der Waals surface area contributed by atoms with Crippen LogP contribution in [-0.2, 0) is 29.1 Å². The Kier molecular flexibility index (Phi) is 11.4. The van der Waals surface area contributed by atoms with Gasteiger partial charge in [0.1, 0.15) is 29.9 Å². The second-order valence-corrected chi connectivity index (χ2v) is 19.4. The van der Waals surface area contributed by atoms with Crippen LogP contribution in [0.25, 0.3) is 10.8 Å². The third kappa shape index (κ3) is 8.76. The number of likely N-dealkylation sites (N-methyl/N-ethyl adjacent to an activating group) is 1. The molecule has 3 N–H and O–H groups in total. The molecule has 58 heavy (non-hydrogen) atoms. The number of carbonyl (C=O) groups is 4. The molecule has 1 saturated heterocycles. The standard InChI is InChI=1S/C42H56N6O9S/c1-7-26-20-25(2)10-8-9-11-27-22-42(27,39(51)46-58(53,54)29-12-13-29)45-36(49)34-21-28(24-48(34)38(50)32(26)23-44-40(52)57-41(3,4)5)56-37-31-14-15-33-35(30(31)16-17-43-37)55-19-18-47(33)6/h9,11,14-17,23,25-29,34H,7-8,10,12-13,18-22,24H2,1-6H3,(H,44,52)(H,45,49)(H,46,51)/b11-9?,32-23+. The molecule has 0 spiro atoms. The molecule has 4 heterocycles. The number of amides is 4. The SMILES string of the molecule is CCC1CC(C)CCC=CC2CC2(C(=O)NS(=O)(=O)C2CC2)NC(=O)C2CC(Oc3nccc4c5c(ccc34)N(C)CCO5)CN2C(=O)/C1=C/NC(=O)OC(C)(C)C. The highest BCUT2D eigenvalue weighted by Gasteiger charge is 2.62. The number of hydrogen-bond donors (Lipinski definition) is 3. The first-order valence-electron chi connectivity index (χ1n) is 20.5. The average molecular weight is 821 g/mol. The predicted molar refractivity (Wildman–Crippen MR) is 217 cm³/mol. The number of nitrogens with zero attached hydrogens (tertiary/aromatic N) is 3. The molecule has 6 unspecified atom stereocenters. The van der Waals surface area contributed by atoms with Gasteiger partial charge in [0, 0.05) is 48.1 Å². The molecule has 3 aliphatic heterocycles. The Labute approximate surface area is 340 Å². The van der Waals surface area contributed by atoms with Gasteiger partial charge in [0.25, 0.3) is 11.8 Å². The zero-order chi connectivity index (χ0) is 41.6. The molecule has 6 atom stereocenters. The van der Waals surface area contributed by atoms with Crippen molar-refractivity contribution >= 4 is 50.3 Å². The second kappa shape index (κ2) is 16.1. The minimum absolute atomic E-state index is 0.00643. The monoisotopic (exact) mass is 820 g/mol. The molecule has 0 bridgehead atoms. The Balaban J connectivity index is 1.24. The number of alkyl carbamates (subject to hydrolysis) is 1. The van der Waals surface area contributed by atoms with Crippen molar-refractivity contribution < 1.29 is 41.8 Å². The highest BCUT2D eigenvalue weighted by Crippen LogP contribution is 2.47. The van der Waals surface area contributed by atoms with E-state index < -0.39 is 68.3 Å². The average Bonchev–Trinajstić information content (AvgIpc) is 4.09. The molecule has 2 aliphatic carbocycles. The number of sulfonamides is 1. The zero-order valence-electron chi connectivity index (χ0n) is 34.2. The van der Waals surface area contributed by atoms with Crippen LogP contribution in [0.4, 0.5) is 10.5 Å². The van der Waals surface area contributed by atoms with Crippen molar-refractivity contribution in [3.05, 3.63) is 48.3 Å². The van der Waals surface area contributed by atoms with Gasteiger partial charge >= 0.3 is 6.09 Å². The van der Waals surface area contributed by atoms with Gasteiger partial charge in [-0.15, -0.1) is 0 Å². The highest BCUT2D eigenvalue weighted by atomic mass is 32.2. The van der Waals surface area contributed by atoms with E-state index in [1.165, 1.54) is 11.1 Å². The van der Waals surface area contributed by atoms with Gasteiger partial charge < -0.3 is 29.3 Å². The molecule has 1 aromatic heterocycles. The molecule has 5 aliphatic rings. The quantitative estimate of drug-likeness (QED) is 0.260. The van der Waals surface area contributed by atoms with Crippen molar-refractivity contribution in [1.29, 1.82) is 0 Å². The summed E-state index contributed by atoms with van der Waals surface area (Å²) in [6.45, 7) is 10.6. The highest BCUT2D eigenvalue weighted by molar-refractivity contribution is 7.91. The number of pyridine rings is 1. The van der Waals surface area contributed by atoms with E-state index in [0.29, 0.717) is 55.6 Å². The number of hydrogen-bond acceptors (Lipinski definition) is 11. The number of aromatic nitrogens is 1. The van der Waals surface area contributed by atoms with E-state index in [0.717, 1.165) is 29.8 Å². The normalized spacial score (nSPS) is 28.6. The van der Waals surface area contributed by atoms with E-state index in [9.17, 15) is 27.6 Å². The maximum absolute atomic E-state index is 15.0. The summed E-state index contributed by atoms with van der Waals surface area (Å²) < 4.78 is 46.3. The lowest BCUT2D eigenvalue weighted by Gasteiger charge is -2.30. The minimum atomic E-state index is -3.91. The second-order valence-electron chi connectivity index (χ2n) is 17.5. The molecule has 2 aromatic rings. The van der Waals surface area contributed by atoms with Crippen molar-refractivity contribution in [3.8, 4) is 11.6 Å². The van der Waals surface area contributed by atoms with Gasteiger partial charge in [-0.05, 0) is 95.8 Å². The summed E-state index contributed by atoms with van der Waals surface area (Å²) in [5.74, 6) is -1.37. The number of ether oxygens (including phenoxy) is 3. The number of fused-ring (bicyclic) bond motifs is 5. The van der Waals surface area contributed by atoms with Crippen LogP contribution in [0.1, 0.15) is 86.0 Å². The van der Waals surface area contributed by atoms with Crippen LogP contribution in [0, 0.1) is 17.8 Å². The lowest BCUT2D eigenvalue weighted by molar-refractivity contribution is -0.138. The van der Waals surface area contributed by atoms with Crippen LogP contribution in [0.5, 0.6) is 11.6 Å². The summed E-state index contributed by atoms with van der Waals surface area (Å²) in [7, 11) is -1.90. The minimum Gasteiger partial charge on any atom is -0.489 e. The summed E-state index contributed by atoms with van der Waals surface area (Å²) in [5, 5.41) is 6.49. The number of nitrogens with one attached hydrogen (secondary N) is 3. The van der Waals surface area contributed by atoms with Gasteiger partial charge in [-0.2, -0.15) is 0 Å². The first-order chi connectivity index (χ1) is 27.5. The van der Waals surface area contributed by atoms with E-state index in [1.54, 1.807) is 27.0 Å². The van der Waals surface area contributed by atoms with E-state index in [4.69, 9.17) is 14.2 Å². The first kappa shape index (κ1) is 41.3. The molecule has 2 saturated carbocycles. The molecule has 0 radical (unpaired) electrons. The number of benzene rings is 1. The van der Waals surface area contributed by atoms with E-state index in [2.05, 4.69) is 32.2 Å². The third-order valence-electron chi connectivity index (χ3n) is 11.8. The van der Waals surface area contributed by atoms with Crippen LogP contribution in [0.3, 0.4) is 0 Å². The molecular formula is C42H56N6O9S. The Morgan fingerprint density at radius 1 is 1.12 bits per heavy atom. The van der Waals surface area contributed by atoms with Crippen molar-refractivity contribution in [1.82, 2.24) is 25.2 Å². The van der Waals surface area contributed by atoms with Gasteiger partial charge in [0.2, 0.25) is 21.8 Å². The Morgan fingerprint density at radius 3 is 2.62 bits per heavy atom. The lowest BCUT2D eigenvalue weighted by atomic mass is 9.85. The molecule has 314 valence electrons. The van der Waals surface area contributed by atoms with Crippen molar-refractivity contribution in [2.45, 2.75) is 115 Å². The number of carbonyl (C=O) groups excluding carboxylic acids is 4.